The van der Waals surface area contributed by atoms with Crippen LogP contribution in [0, 0.1) is 6.92 Å². The van der Waals surface area contributed by atoms with Gasteiger partial charge in [-0.1, -0.05) is 12.8 Å². The third-order valence-corrected chi connectivity index (χ3v) is 7.08. The van der Waals surface area contributed by atoms with Gasteiger partial charge in [0.1, 0.15) is 5.65 Å². The molecule has 0 aromatic carbocycles. The highest BCUT2D eigenvalue weighted by Crippen LogP contribution is 2.31. The Morgan fingerprint density at radius 1 is 0.929 bits per heavy atom. The maximum atomic E-state index is 12.8. The van der Waals surface area contributed by atoms with Crippen molar-refractivity contribution in [2.45, 2.75) is 70.4 Å². The van der Waals surface area contributed by atoms with Crippen molar-refractivity contribution in [2.24, 2.45) is 0 Å². The Morgan fingerprint density at radius 3 is 2.36 bits per heavy atom. The minimum absolute atomic E-state index is 0.0919. The molecule has 0 amide bonds. The van der Waals surface area contributed by atoms with E-state index < -0.39 is 0 Å². The van der Waals surface area contributed by atoms with Gasteiger partial charge in [0, 0.05) is 42.8 Å². The molecule has 6 heteroatoms. The zero-order valence-electron chi connectivity index (χ0n) is 16.9. The molecule has 0 atom stereocenters. The lowest BCUT2D eigenvalue weighted by Gasteiger charge is -2.36. The predicted octanol–water partition coefficient (Wildman–Crippen LogP) is 3.28. The molecule has 150 valence electrons. The quantitative estimate of drug-likeness (QED) is 0.817. The Hall–Kier alpha value is -1.95. The Balaban J connectivity index is 1.44. The largest absolute Gasteiger partial charge is 0.341 e. The summed E-state index contributed by atoms with van der Waals surface area (Å²) in [5, 5.41) is 1.02. The molecule has 0 bridgehead atoms. The van der Waals surface area contributed by atoms with E-state index in [1.807, 2.05) is 17.7 Å². The van der Waals surface area contributed by atoms with Crippen LogP contribution in [0.3, 0.4) is 0 Å². The first-order chi connectivity index (χ1) is 13.7. The normalized spacial score (nSPS) is 22.5. The summed E-state index contributed by atoms with van der Waals surface area (Å²) in [5.74, 6) is 0.795. The third kappa shape index (κ3) is 3.21. The summed E-state index contributed by atoms with van der Waals surface area (Å²) in [5.41, 5.74) is 1.91. The van der Waals surface area contributed by atoms with Gasteiger partial charge in [-0.2, -0.15) is 4.98 Å². The highest BCUT2D eigenvalue weighted by molar-refractivity contribution is 5.79. The topological polar surface area (TPSA) is 54.3 Å². The van der Waals surface area contributed by atoms with E-state index in [0.29, 0.717) is 6.04 Å². The molecule has 3 aliphatic rings. The molecule has 2 aromatic heterocycles. The third-order valence-electron chi connectivity index (χ3n) is 7.08. The summed E-state index contributed by atoms with van der Waals surface area (Å²) in [6.45, 7) is 6.54. The van der Waals surface area contributed by atoms with E-state index in [4.69, 9.17) is 9.97 Å². The van der Waals surface area contributed by atoms with Crippen LogP contribution in [0.25, 0.3) is 11.0 Å². The van der Waals surface area contributed by atoms with E-state index >= 15 is 0 Å². The fraction of sp³-hybridized carbons (Fsp3) is 0.682. The first-order valence-electron chi connectivity index (χ1n) is 11.1. The highest BCUT2D eigenvalue weighted by atomic mass is 16.1. The number of nitrogens with zero attached hydrogens (tertiary/aromatic N) is 5. The average molecular weight is 382 g/mol. The molecule has 1 aliphatic carbocycles. The van der Waals surface area contributed by atoms with Crippen LogP contribution in [0.1, 0.15) is 63.0 Å². The molecule has 2 aliphatic heterocycles. The number of rotatable bonds is 3. The Labute approximate surface area is 166 Å². The second kappa shape index (κ2) is 7.47. The SMILES string of the molecule is Cc1cc(=O)n(C2CCCC2)c2nc(N3CCC(N4CCCC4)CC3)ncc12. The van der Waals surface area contributed by atoms with Crippen molar-refractivity contribution < 1.29 is 0 Å². The maximum absolute atomic E-state index is 12.8. The van der Waals surface area contributed by atoms with Gasteiger partial charge in [0.25, 0.3) is 5.56 Å². The van der Waals surface area contributed by atoms with Gasteiger partial charge >= 0.3 is 0 Å². The van der Waals surface area contributed by atoms with Gasteiger partial charge in [0.15, 0.2) is 0 Å². The van der Waals surface area contributed by atoms with Crippen molar-refractivity contribution in [3.05, 3.63) is 28.2 Å². The Morgan fingerprint density at radius 2 is 1.64 bits per heavy atom. The standard InChI is InChI=1S/C22H31N5O/c1-16-14-20(28)27(18-6-2-3-7-18)21-19(16)15-23-22(24-21)26-12-8-17(9-13-26)25-10-4-5-11-25/h14-15,17-18H,2-13H2,1H3. The van der Waals surface area contributed by atoms with Crippen LogP contribution >= 0.6 is 0 Å². The first-order valence-corrected chi connectivity index (χ1v) is 11.1. The number of anilines is 1. The minimum Gasteiger partial charge on any atom is -0.341 e. The molecule has 28 heavy (non-hydrogen) atoms. The average Bonchev–Trinajstić information content (AvgIpc) is 3.42. The fourth-order valence-corrected chi connectivity index (χ4v) is 5.47. The van der Waals surface area contributed by atoms with Gasteiger partial charge in [-0.3, -0.25) is 9.36 Å². The van der Waals surface area contributed by atoms with Crippen molar-refractivity contribution in [1.29, 1.82) is 0 Å². The number of likely N-dealkylation sites (tertiary alicyclic amines) is 1. The summed E-state index contributed by atoms with van der Waals surface area (Å²) in [6.07, 6.45) is 11.6. The highest BCUT2D eigenvalue weighted by Gasteiger charge is 2.28. The van der Waals surface area contributed by atoms with Gasteiger partial charge in [-0.05, 0) is 64.1 Å². The van der Waals surface area contributed by atoms with Gasteiger partial charge < -0.3 is 9.80 Å². The summed E-state index contributed by atoms with van der Waals surface area (Å²) < 4.78 is 1.96. The number of hydrogen-bond donors (Lipinski definition) is 0. The van der Waals surface area contributed by atoms with E-state index in [9.17, 15) is 4.79 Å². The van der Waals surface area contributed by atoms with Crippen molar-refractivity contribution in [1.82, 2.24) is 19.4 Å². The number of hydrogen-bond acceptors (Lipinski definition) is 5. The Bertz CT molecular complexity index is 903. The number of fused-ring (bicyclic) bond motifs is 1. The molecule has 2 saturated heterocycles. The van der Waals surface area contributed by atoms with E-state index in [2.05, 4.69) is 9.80 Å². The van der Waals surface area contributed by atoms with Crippen molar-refractivity contribution in [3.63, 3.8) is 0 Å². The molecular weight excluding hydrogens is 350 g/mol. The number of piperidine rings is 1. The summed E-state index contributed by atoms with van der Waals surface area (Å²) in [6, 6.07) is 2.77. The predicted molar refractivity (Wildman–Crippen MR) is 112 cm³/mol. The Kier molecular flexibility index (Phi) is 4.83. The molecule has 1 saturated carbocycles. The van der Waals surface area contributed by atoms with E-state index in [1.54, 1.807) is 6.07 Å². The van der Waals surface area contributed by atoms with E-state index in [-0.39, 0.29) is 5.56 Å². The number of aromatic nitrogens is 3. The van der Waals surface area contributed by atoms with Crippen LogP contribution in [0.5, 0.6) is 0 Å². The molecule has 5 rings (SSSR count). The molecule has 0 spiro atoms. The van der Waals surface area contributed by atoms with E-state index in [0.717, 1.165) is 54.5 Å². The molecule has 2 aromatic rings. The van der Waals surface area contributed by atoms with Gasteiger partial charge in [0.05, 0.1) is 0 Å². The smallest absolute Gasteiger partial charge is 0.252 e. The number of aryl methyl sites for hydroxylation is 1. The monoisotopic (exact) mass is 381 g/mol. The van der Waals surface area contributed by atoms with Crippen LogP contribution in [0.4, 0.5) is 5.95 Å². The minimum atomic E-state index is 0.0919. The van der Waals surface area contributed by atoms with Crippen molar-refractivity contribution >= 4 is 17.0 Å². The van der Waals surface area contributed by atoms with Crippen LogP contribution in [0.2, 0.25) is 0 Å². The van der Waals surface area contributed by atoms with Gasteiger partial charge in [-0.15, -0.1) is 0 Å². The van der Waals surface area contributed by atoms with Gasteiger partial charge in [0.2, 0.25) is 5.95 Å². The second-order valence-corrected chi connectivity index (χ2v) is 8.84. The molecule has 0 unspecified atom stereocenters. The molecule has 6 nitrogen and oxygen atoms in total. The summed E-state index contributed by atoms with van der Waals surface area (Å²) >= 11 is 0. The van der Waals surface area contributed by atoms with Crippen molar-refractivity contribution in [3.8, 4) is 0 Å². The first kappa shape index (κ1) is 18.1. The lowest BCUT2D eigenvalue weighted by Crippen LogP contribution is -2.44. The van der Waals surface area contributed by atoms with Crippen molar-refractivity contribution in [2.75, 3.05) is 31.1 Å². The summed E-state index contributed by atoms with van der Waals surface area (Å²) in [7, 11) is 0. The maximum Gasteiger partial charge on any atom is 0.252 e. The second-order valence-electron chi connectivity index (χ2n) is 8.84. The van der Waals surface area contributed by atoms with Crippen LogP contribution in [-0.4, -0.2) is 51.7 Å². The van der Waals surface area contributed by atoms with Crippen LogP contribution < -0.4 is 10.5 Å². The molecule has 0 radical (unpaired) electrons. The molecule has 3 fully saturated rings. The van der Waals surface area contributed by atoms with Crippen LogP contribution in [-0.2, 0) is 0 Å². The number of pyridine rings is 1. The lowest BCUT2D eigenvalue weighted by atomic mass is 10.0. The molecular formula is C22H31N5O. The zero-order chi connectivity index (χ0) is 19.1. The van der Waals surface area contributed by atoms with Crippen LogP contribution in [0.15, 0.2) is 17.1 Å². The lowest BCUT2D eigenvalue weighted by molar-refractivity contribution is 0.207. The fourth-order valence-electron chi connectivity index (χ4n) is 5.47. The summed E-state index contributed by atoms with van der Waals surface area (Å²) in [4.78, 5) is 27.4. The zero-order valence-corrected chi connectivity index (χ0v) is 16.9. The molecule has 0 N–H and O–H groups in total. The van der Waals surface area contributed by atoms with Gasteiger partial charge in [-0.25, -0.2) is 4.98 Å². The van der Waals surface area contributed by atoms with E-state index in [1.165, 1.54) is 51.6 Å². The molecule has 4 heterocycles.